The Kier molecular flexibility index (Phi) is 10.7. The van der Waals surface area contributed by atoms with E-state index in [0.29, 0.717) is 0 Å². The predicted octanol–water partition coefficient (Wildman–Crippen LogP) is 0.578. The first-order valence-electron chi connectivity index (χ1n) is 4.57. The Morgan fingerprint density at radius 3 is 1.53 bits per heavy atom. The van der Waals surface area contributed by atoms with Crippen molar-refractivity contribution in [3.63, 3.8) is 0 Å². The molecule has 0 aromatic rings. The molecule has 0 atom stereocenters. The zero-order valence-electron chi connectivity index (χ0n) is 9.89. The fraction of sp³-hybridized carbons (Fsp3) is 0.889. The molecule has 6 nitrogen and oxygen atoms in total. The maximum Gasteiger partial charge on any atom is 0.503 e. The summed E-state index contributed by atoms with van der Waals surface area (Å²) < 4.78 is 11.0. The predicted molar refractivity (Wildman–Crippen MR) is 56.2 cm³/mol. The van der Waals surface area contributed by atoms with Gasteiger partial charge in [0.2, 0.25) is 0 Å². The summed E-state index contributed by atoms with van der Waals surface area (Å²) in [6, 6.07) is 0. The van der Waals surface area contributed by atoms with Gasteiger partial charge in [-0.25, -0.2) is 4.79 Å². The highest BCUT2D eigenvalue weighted by molar-refractivity contribution is 5.53. The van der Waals surface area contributed by atoms with Crippen molar-refractivity contribution < 1.29 is 29.0 Å². The van der Waals surface area contributed by atoms with Crippen molar-refractivity contribution in [3.8, 4) is 0 Å². The van der Waals surface area contributed by atoms with Gasteiger partial charge >= 0.3 is 6.16 Å². The van der Waals surface area contributed by atoms with Gasteiger partial charge in [0, 0.05) is 14.2 Å². The van der Waals surface area contributed by atoms with Gasteiger partial charge in [-0.3, -0.25) is 0 Å². The molecule has 0 radical (unpaired) electrons. The van der Waals surface area contributed by atoms with Crippen molar-refractivity contribution in [2.75, 3.05) is 54.6 Å². The van der Waals surface area contributed by atoms with Gasteiger partial charge in [0.15, 0.2) is 0 Å². The van der Waals surface area contributed by atoms with Crippen LogP contribution in [0.2, 0.25) is 0 Å². The summed E-state index contributed by atoms with van der Waals surface area (Å²) in [6.45, 7) is 3.72. The lowest BCUT2D eigenvalue weighted by molar-refractivity contribution is -0.891. The Hall–Kier alpha value is -0.850. The topological polar surface area (TPSA) is 76.0 Å². The Labute approximate surface area is 90.6 Å². The summed E-state index contributed by atoms with van der Waals surface area (Å²) in [5, 5.41) is 13.9. The first kappa shape index (κ1) is 16.6. The molecule has 0 amide bonds. The van der Waals surface area contributed by atoms with E-state index in [1.54, 1.807) is 14.2 Å². The molecular formula is C9H22NO5+. The molecule has 0 aromatic heterocycles. The number of hydrogen-bond acceptors (Lipinski definition) is 3. The van der Waals surface area contributed by atoms with E-state index < -0.39 is 6.16 Å². The van der Waals surface area contributed by atoms with Crippen molar-refractivity contribution in [1.82, 2.24) is 0 Å². The van der Waals surface area contributed by atoms with Gasteiger partial charge in [-0.15, -0.1) is 0 Å². The summed E-state index contributed by atoms with van der Waals surface area (Å²) >= 11 is 0. The van der Waals surface area contributed by atoms with Crippen LogP contribution in [-0.2, 0) is 9.47 Å². The Morgan fingerprint density at radius 1 is 1.07 bits per heavy atom. The largest absolute Gasteiger partial charge is 0.503 e. The van der Waals surface area contributed by atoms with Gasteiger partial charge in [-0.05, 0) is 0 Å². The molecule has 0 aliphatic carbocycles. The lowest BCUT2D eigenvalue weighted by Crippen LogP contribution is -2.44. The normalized spacial score (nSPS) is 10.4. The third-order valence-electron chi connectivity index (χ3n) is 1.80. The number of ether oxygens (including phenoxy) is 2. The molecule has 6 heteroatoms. The van der Waals surface area contributed by atoms with Crippen molar-refractivity contribution >= 4 is 6.16 Å². The number of methoxy groups -OCH3 is 2. The summed E-state index contributed by atoms with van der Waals surface area (Å²) in [7, 11) is 7.82. The van der Waals surface area contributed by atoms with E-state index in [2.05, 4.69) is 14.1 Å². The lowest BCUT2D eigenvalue weighted by Gasteiger charge is -2.28. The van der Waals surface area contributed by atoms with Gasteiger partial charge in [-0.2, -0.15) is 0 Å². The minimum absolute atomic E-state index is 0.816. The van der Waals surface area contributed by atoms with E-state index in [4.69, 9.17) is 24.5 Å². The molecule has 0 aliphatic heterocycles. The SMILES string of the molecule is COCC[N+](C)(C)CCOC.O=C(O)O. The number of quaternary nitrogens is 1. The molecule has 0 spiro atoms. The molecule has 0 fully saturated rings. The van der Waals surface area contributed by atoms with Crippen LogP contribution in [0.5, 0.6) is 0 Å². The maximum atomic E-state index is 8.56. The summed E-state index contributed by atoms with van der Waals surface area (Å²) in [5.41, 5.74) is 0. The smallest absolute Gasteiger partial charge is 0.450 e. The van der Waals surface area contributed by atoms with Crippen LogP contribution in [0.4, 0.5) is 4.79 Å². The third-order valence-corrected chi connectivity index (χ3v) is 1.80. The number of nitrogens with zero attached hydrogens (tertiary/aromatic N) is 1. The average Bonchev–Trinajstić information content (AvgIpc) is 2.11. The highest BCUT2D eigenvalue weighted by Crippen LogP contribution is 1.95. The molecule has 0 saturated carbocycles. The van der Waals surface area contributed by atoms with Crippen LogP contribution < -0.4 is 0 Å². The zero-order valence-corrected chi connectivity index (χ0v) is 9.89. The van der Waals surface area contributed by atoms with E-state index in [-0.39, 0.29) is 0 Å². The van der Waals surface area contributed by atoms with Crippen molar-refractivity contribution in [3.05, 3.63) is 0 Å². The molecule has 0 aliphatic rings. The molecule has 0 rings (SSSR count). The van der Waals surface area contributed by atoms with Crippen LogP contribution in [0, 0.1) is 0 Å². The minimum atomic E-state index is -1.83. The summed E-state index contributed by atoms with van der Waals surface area (Å²) in [6.07, 6.45) is -1.83. The number of carboxylic acid groups (broad SMARTS) is 2. The Bertz CT molecular complexity index is 147. The maximum absolute atomic E-state index is 8.56. The van der Waals surface area contributed by atoms with E-state index in [1.807, 2.05) is 0 Å². The molecule has 92 valence electrons. The Balaban J connectivity index is 0. The van der Waals surface area contributed by atoms with E-state index in [9.17, 15) is 0 Å². The van der Waals surface area contributed by atoms with Gasteiger partial charge < -0.3 is 24.2 Å². The third kappa shape index (κ3) is 19.5. The van der Waals surface area contributed by atoms with E-state index in [0.717, 1.165) is 30.8 Å². The van der Waals surface area contributed by atoms with Crippen molar-refractivity contribution in [1.29, 1.82) is 0 Å². The molecule has 0 aromatic carbocycles. The summed E-state index contributed by atoms with van der Waals surface area (Å²) in [5.74, 6) is 0. The highest BCUT2D eigenvalue weighted by atomic mass is 16.6. The zero-order chi connectivity index (χ0) is 12.3. The average molecular weight is 224 g/mol. The van der Waals surface area contributed by atoms with Crippen LogP contribution in [0.15, 0.2) is 0 Å². The highest BCUT2D eigenvalue weighted by Gasteiger charge is 2.12. The second kappa shape index (κ2) is 9.70. The second-order valence-electron chi connectivity index (χ2n) is 3.65. The molecule has 0 saturated heterocycles. The second-order valence-corrected chi connectivity index (χ2v) is 3.65. The van der Waals surface area contributed by atoms with Crippen molar-refractivity contribution in [2.24, 2.45) is 0 Å². The van der Waals surface area contributed by atoms with Gasteiger partial charge in [0.05, 0.1) is 27.3 Å². The first-order chi connectivity index (χ1) is 6.85. The molecule has 15 heavy (non-hydrogen) atoms. The van der Waals surface area contributed by atoms with Gasteiger partial charge in [-0.1, -0.05) is 0 Å². The van der Waals surface area contributed by atoms with Gasteiger partial charge in [0.25, 0.3) is 0 Å². The fourth-order valence-electron chi connectivity index (χ4n) is 0.789. The van der Waals surface area contributed by atoms with Crippen LogP contribution >= 0.6 is 0 Å². The van der Waals surface area contributed by atoms with Crippen molar-refractivity contribution in [2.45, 2.75) is 0 Å². The van der Waals surface area contributed by atoms with E-state index in [1.165, 1.54) is 0 Å². The molecule has 0 heterocycles. The van der Waals surface area contributed by atoms with Crippen LogP contribution in [-0.4, -0.2) is 75.5 Å². The molecule has 0 unspecified atom stereocenters. The monoisotopic (exact) mass is 224 g/mol. The first-order valence-corrected chi connectivity index (χ1v) is 4.57. The standard InChI is InChI=1S/C8H20NO2.CH2O3/c1-9(2,5-7-10-3)6-8-11-4;2-1(3)4/h5-8H2,1-4H3;(H2,2,3,4)/q+1;. The number of likely N-dealkylation sites (N-methyl/N-ethyl adjacent to an activating group) is 1. The number of hydrogen-bond donors (Lipinski definition) is 2. The molecular weight excluding hydrogens is 202 g/mol. The molecule has 0 bridgehead atoms. The van der Waals surface area contributed by atoms with Crippen LogP contribution in [0.25, 0.3) is 0 Å². The fourth-order valence-corrected chi connectivity index (χ4v) is 0.789. The van der Waals surface area contributed by atoms with Crippen LogP contribution in [0.1, 0.15) is 0 Å². The Morgan fingerprint density at radius 2 is 1.33 bits per heavy atom. The summed E-state index contributed by atoms with van der Waals surface area (Å²) in [4.78, 5) is 8.56. The quantitative estimate of drug-likeness (QED) is 0.645. The minimum Gasteiger partial charge on any atom is -0.450 e. The van der Waals surface area contributed by atoms with E-state index >= 15 is 0 Å². The van der Waals surface area contributed by atoms with Crippen LogP contribution in [0.3, 0.4) is 0 Å². The number of rotatable bonds is 6. The van der Waals surface area contributed by atoms with Gasteiger partial charge in [0.1, 0.15) is 13.1 Å². The molecule has 2 N–H and O–H groups in total. The number of carbonyl (C=O) groups is 1. The lowest BCUT2D eigenvalue weighted by atomic mass is 10.4.